The van der Waals surface area contributed by atoms with Crippen molar-refractivity contribution in [1.29, 1.82) is 0 Å². The van der Waals surface area contributed by atoms with Gasteiger partial charge in [0.2, 0.25) is 0 Å². The van der Waals surface area contributed by atoms with Gasteiger partial charge in [-0.05, 0) is 12.5 Å². The highest BCUT2D eigenvalue weighted by atomic mass is 17.1. The molecule has 1 atom stereocenters. The number of carbonyl (C=O) groups is 1. The summed E-state index contributed by atoms with van der Waals surface area (Å²) < 4.78 is 0. The van der Waals surface area contributed by atoms with E-state index < -0.39 is 0 Å². The molecule has 0 rings (SSSR count). The topological polar surface area (TPSA) is 72.6 Å². The fourth-order valence-electron chi connectivity index (χ4n) is 0.605. The van der Waals surface area contributed by atoms with Crippen LogP contribution in [0.15, 0.2) is 12.7 Å². The third-order valence-electron chi connectivity index (χ3n) is 1.17. The van der Waals surface area contributed by atoms with E-state index in [1.165, 1.54) is 13.2 Å². The highest BCUT2D eigenvalue weighted by Gasteiger charge is 2.06. The molecule has 0 aliphatic heterocycles. The lowest BCUT2D eigenvalue weighted by molar-refractivity contribution is -0.214. The number of hydrogen-bond acceptors (Lipinski definition) is 4. The van der Waals surface area contributed by atoms with Crippen molar-refractivity contribution >= 4 is 5.78 Å². The van der Waals surface area contributed by atoms with Crippen molar-refractivity contribution in [3.8, 4) is 0 Å². The zero-order valence-corrected chi connectivity index (χ0v) is 7.62. The second-order valence-corrected chi connectivity index (χ2v) is 2.18. The van der Waals surface area contributed by atoms with Gasteiger partial charge in [0.25, 0.3) is 0 Å². The van der Waals surface area contributed by atoms with Gasteiger partial charge in [-0.1, -0.05) is 19.9 Å². The van der Waals surface area contributed by atoms with Gasteiger partial charge in [-0.25, -0.2) is 4.89 Å². The summed E-state index contributed by atoms with van der Waals surface area (Å²) >= 11 is 0. The molecule has 0 saturated carbocycles. The average Bonchev–Trinajstić information content (AvgIpc) is 2.05. The Hall–Kier alpha value is -0.710. The number of carbonyl (C=O) groups excluding carboxylic acids is 1. The Morgan fingerprint density at radius 2 is 2.33 bits per heavy atom. The molecule has 0 unspecified atom stereocenters. The molecule has 3 N–H and O–H groups in total. The van der Waals surface area contributed by atoms with Gasteiger partial charge in [0.15, 0.2) is 5.78 Å². The van der Waals surface area contributed by atoms with Gasteiger partial charge in [-0.15, -0.1) is 0 Å². The second-order valence-electron chi connectivity index (χ2n) is 2.18. The standard InChI is InChI=1S/C7H13NO.CH4O2.H2/c1-3-5-6(8)7(9)4-2;1-3-2;/h4,6H,2-3,5,8H2,1H3;2H,1H3;1H/t6-;;/m0../s1. The van der Waals surface area contributed by atoms with Crippen molar-refractivity contribution in [2.75, 3.05) is 7.11 Å². The summed E-state index contributed by atoms with van der Waals surface area (Å²) in [4.78, 5) is 13.9. The SMILES string of the molecule is C=CC(=O)[C@@H](N)CCC.COO.[HH]. The summed E-state index contributed by atoms with van der Waals surface area (Å²) in [5, 5.41) is 7.07. The highest BCUT2D eigenvalue weighted by Crippen LogP contribution is 1.94. The minimum absolute atomic E-state index is 0. The molecule has 0 radical (unpaired) electrons. The molecule has 0 aromatic rings. The highest BCUT2D eigenvalue weighted by molar-refractivity contribution is 5.93. The average molecular weight is 177 g/mol. The summed E-state index contributed by atoms with van der Waals surface area (Å²) in [6, 6.07) is -0.326. The lowest BCUT2D eigenvalue weighted by atomic mass is 10.1. The Morgan fingerprint density at radius 1 is 1.92 bits per heavy atom. The van der Waals surface area contributed by atoms with Gasteiger partial charge in [0, 0.05) is 1.43 Å². The first kappa shape index (κ1) is 13.9. The fourth-order valence-corrected chi connectivity index (χ4v) is 0.605. The molecule has 0 spiro atoms. The molecular formula is C8H19NO3. The van der Waals surface area contributed by atoms with E-state index in [0.29, 0.717) is 0 Å². The second kappa shape index (κ2) is 10.3. The zero-order valence-electron chi connectivity index (χ0n) is 7.62. The van der Waals surface area contributed by atoms with E-state index >= 15 is 0 Å². The van der Waals surface area contributed by atoms with Gasteiger partial charge in [-0.2, -0.15) is 0 Å². The van der Waals surface area contributed by atoms with Gasteiger partial charge >= 0.3 is 0 Å². The van der Waals surface area contributed by atoms with Crippen LogP contribution in [-0.4, -0.2) is 24.2 Å². The number of ketones is 1. The molecule has 12 heavy (non-hydrogen) atoms. The van der Waals surface area contributed by atoms with Crippen molar-refractivity contribution in [2.45, 2.75) is 25.8 Å². The fraction of sp³-hybridized carbons (Fsp3) is 0.625. The summed E-state index contributed by atoms with van der Waals surface area (Å²) in [6.07, 6.45) is 2.98. The van der Waals surface area contributed by atoms with E-state index in [0.717, 1.165) is 12.8 Å². The lowest BCUT2D eigenvalue weighted by Crippen LogP contribution is -2.28. The Bertz CT molecular complexity index is 131. The summed E-state index contributed by atoms with van der Waals surface area (Å²) in [6.45, 7) is 5.33. The maximum atomic E-state index is 10.7. The summed E-state index contributed by atoms with van der Waals surface area (Å²) in [5.74, 6) is -0.0585. The quantitative estimate of drug-likeness (QED) is 0.385. The first-order valence-corrected chi connectivity index (χ1v) is 3.73. The van der Waals surface area contributed by atoms with E-state index in [2.05, 4.69) is 11.5 Å². The first-order valence-electron chi connectivity index (χ1n) is 3.73. The Labute approximate surface area is 74.4 Å². The van der Waals surface area contributed by atoms with Crippen LogP contribution in [0, 0.1) is 0 Å². The summed E-state index contributed by atoms with van der Waals surface area (Å²) in [5.41, 5.74) is 5.42. The maximum Gasteiger partial charge on any atom is 0.171 e. The molecule has 0 bridgehead atoms. The van der Waals surface area contributed by atoms with Crippen LogP contribution < -0.4 is 5.73 Å². The Balaban J connectivity index is -0.000000220. The maximum absolute atomic E-state index is 10.7. The van der Waals surface area contributed by atoms with Crippen molar-refractivity contribution in [3.05, 3.63) is 12.7 Å². The van der Waals surface area contributed by atoms with Gasteiger partial charge in [0.05, 0.1) is 13.2 Å². The van der Waals surface area contributed by atoms with E-state index in [1.807, 2.05) is 6.92 Å². The minimum atomic E-state index is -0.326. The molecule has 0 amide bonds. The van der Waals surface area contributed by atoms with E-state index in [-0.39, 0.29) is 13.3 Å². The first-order chi connectivity index (χ1) is 5.63. The van der Waals surface area contributed by atoms with Gasteiger partial charge in [0.1, 0.15) is 0 Å². The third-order valence-corrected chi connectivity index (χ3v) is 1.17. The van der Waals surface area contributed by atoms with Crippen molar-refractivity contribution < 1.29 is 16.4 Å². The van der Waals surface area contributed by atoms with Gasteiger partial charge in [-0.3, -0.25) is 10.1 Å². The van der Waals surface area contributed by atoms with Crippen molar-refractivity contribution in [3.63, 3.8) is 0 Å². The molecule has 74 valence electrons. The van der Waals surface area contributed by atoms with Crippen molar-refractivity contribution in [1.82, 2.24) is 0 Å². The molecule has 0 heterocycles. The van der Waals surface area contributed by atoms with Crippen LogP contribution in [0.5, 0.6) is 0 Å². The zero-order chi connectivity index (χ0) is 9.98. The van der Waals surface area contributed by atoms with E-state index in [4.69, 9.17) is 11.0 Å². The number of hydrogen-bond donors (Lipinski definition) is 2. The molecule has 0 aromatic heterocycles. The molecule has 0 aromatic carbocycles. The van der Waals surface area contributed by atoms with Crippen LogP contribution in [0.3, 0.4) is 0 Å². The van der Waals surface area contributed by atoms with Crippen molar-refractivity contribution in [2.24, 2.45) is 5.73 Å². The van der Waals surface area contributed by atoms with Gasteiger partial charge < -0.3 is 5.73 Å². The predicted molar refractivity (Wildman–Crippen MR) is 49.8 cm³/mol. The number of rotatable bonds is 4. The van der Waals surface area contributed by atoms with Crippen LogP contribution in [0.25, 0.3) is 0 Å². The minimum Gasteiger partial charge on any atom is -0.321 e. The Kier molecular flexibility index (Phi) is 11.9. The normalized spacial score (nSPS) is 11.0. The van der Waals surface area contributed by atoms with Crippen LogP contribution >= 0.6 is 0 Å². The molecule has 4 heteroatoms. The largest absolute Gasteiger partial charge is 0.321 e. The number of nitrogens with two attached hydrogens (primary N) is 1. The third kappa shape index (κ3) is 9.29. The monoisotopic (exact) mass is 177 g/mol. The molecule has 0 fully saturated rings. The Morgan fingerprint density at radius 3 is 2.58 bits per heavy atom. The predicted octanol–water partition coefficient (Wildman–Crippen LogP) is 1.22. The van der Waals surface area contributed by atoms with Crippen LogP contribution in [0.1, 0.15) is 21.2 Å². The lowest BCUT2D eigenvalue weighted by Gasteiger charge is -2.03. The van der Waals surface area contributed by atoms with E-state index in [1.54, 1.807) is 0 Å². The molecule has 0 aliphatic rings. The molecule has 4 nitrogen and oxygen atoms in total. The van der Waals surface area contributed by atoms with Crippen LogP contribution in [0.4, 0.5) is 0 Å². The molecular weight excluding hydrogens is 158 g/mol. The smallest absolute Gasteiger partial charge is 0.171 e. The molecule has 0 aliphatic carbocycles. The van der Waals surface area contributed by atoms with Crippen LogP contribution in [-0.2, 0) is 9.68 Å². The summed E-state index contributed by atoms with van der Waals surface area (Å²) in [7, 11) is 1.18. The van der Waals surface area contributed by atoms with E-state index in [9.17, 15) is 4.79 Å². The molecule has 0 saturated heterocycles. The van der Waals surface area contributed by atoms with Crippen LogP contribution in [0.2, 0.25) is 0 Å².